The van der Waals surface area contributed by atoms with Crippen LogP contribution in [0, 0.1) is 5.92 Å². The van der Waals surface area contributed by atoms with E-state index in [0.717, 1.165) is 18.5 Å². The molecule has 2 aliphatic heterocycles. The van der Waals surface area contributed by atoms with Crippen LogP contribution in [-0.4, -0.2) is 72.2 Å². The Hall–Kier alpha value is -1.44. The maximum absolute atomic E-state index is 12.5. The molecule has 120 valence electrons. The number of nitrogens with zero attached hydrogens (tertiary/aromatic N) is 2. The van der Waals surface area contributed by atoms with E-state index in [-0.39, 0.29) is 24.5 Å². The summed E-state index contributed by atoms with van der Waals surface area (Å²) in [6, 6.07) is 1.85. The molecule has 7 heteroatoms. The number of fused-ring (bicyclic) bond motifs is 1. The fraction of sp³-hybridized carbons (Fsp3) is 0.600. The van der Waals surface area contributed by atoms with E-state index in [1.54, 1.807) is 0 Å². The van der Waals surface area contributed by atoms with Crippen molar-refractivity contribution in [3.63, 3.8) is 0 Å². The molecule has 0 saturated carbocycles. The van der Waals surface area contributed by atoms with Crippen LogP contribution in [0.4, 0.5) is 0 Å². The summed E-state index contributed by atoms with van der Waals surface area (Å²) in [6.07, 6.45) is 0.888. The third kappa shape index (κ3) is 3.48. The minimum absolute atomic E-state index is 0.0216. The smallest absolute Gasteiger partial charge is 0.317 e. The molecule has 22 heavy (non-hydrogen) atoms. The quantitative estimate of drug-likeness (QED) is 0.898. The van der Waals surface area contributed by atoms with E-state index in [9.17, 15) is 9.59 Å². The van der Waals surface area contributed by atoms with Crippen LogP contribution < -0.4 is 0 Å². The number of amides is 1. The molecule has 3 rings (SSSR count). The Kier molecular flexibility index (Phi) is 4.75. The predicted molar refractivity (Wildman–Crippen MR) is 82.1 cm³/mol. The lowest BCUT2D eigenvalue weighted by Crippen LogP contribution is -2.48. The van der Waals surface area contributed by atoms with Crippen molar-refractivity contribution >= 4 is 23.2 Å². The van der Waals surface area contributed by atoms with Crippen LogP contribution in [0.1, 0.15) is 16.8 Å². The minimum atomic E-state index is -0.804. The second-order valence-corrected chi connectivity index (χ2v) is 6.63. The molecule has 0 spiro atoms. The monoisotopic (exact) mass is 324 g/mol. The molecular formula is C15H20N2O4S. The number of rotatable bonds is 3. The molecule has 0 radical (unpaired) electrons. The summed E-state index contributed by atoms with van der Waals surface area (Å²) < 4.78 is 5.89. The number of hydrogen-bond donors (Lipinski definition) is 1. The molecule has 0 unspecified atom stereocenters. The summed E-state index contributed by atoms with van der Waals surface area (Å²) >= 11 is 1.52. The first-order valence-electron chi connectivity index (χ1n) is 7.50. The van der Waals surface area contributed by atoms with Gasteiger partial charge in [0.25, 0.3) is 5.91 Å². The van der Waals surface area contributed by atoms with Gasteiger partial charge in [-0.3, -0.25) is 14.5 Å². The molecule has 2 aliphatic rings. The van der Waals surface area contributed by atoms with Crippen LogP contribution in [0.5, 0.6) is 0 Å². The van der Waals surface area contributed by atoms with Crippen molar-refractivity contribution in [1.29, 1.82) is 0 Å². The van der Waals surface area contributed by atoms with E-state index in [1.807, 2.05) is 26.6 Å². The SMILES string of the molecule is O=C(O)CN1CC[C@@H]2CN(C(=O)c3ccsc3)CCO[C@@H]2C1. The van der Waals surface area contributed by atoms with E-state index in [2.05, 4.69) is 0 Å². The minimum Gasteiger partial charge on any atom is -0.480 e. The van der Waals surface area contributed by atoms with Crippen LogP contribution in [0.25, 0.3) is 0 Å². The van der Waals surface area contributed by atoms with E-state index in [4.69, 9.17) is 9.84 Å². The van der Waals surface area contributed by atoms with Gasteiger partial charge in [0.2, 0.25) is 0 Å². The average molecular weight is 324 g/mol. The maximum Gasteiger partial charge on any atom is 0.317 e. The Labute approximate surface area is 133 Å². The van der Waals surface area contributed by atoms with Crippen molar-refractivity contribution in [2.45, 2.75) is 12.5 Å². The number of likely N-dealkylation sites (tertiary alicyclic amines) is 1. The van der Waals surface area contributed by atoms with Crippen LogP contribution in [0.2, 0.25) is 0 Å². The van der Waals surface area contributed by atoms with E-state index in [1.165, 1.54) is 11.3 Å². The molecule has 2 saturated heterocycles. The molecule has 3 heterocycles. The Morgan fingerprint density at radius 2 is 2.23 bits per heavy atom. The number of piperidine rings is 1. The first-order valence-corrected chi connectivity index (χ1v) is 8.45. The third-order valence-electron chi connectivity index (χ3n) is 4.34. The molecule has 1 aromatic heterocycles. The molecular weight excluding hydrogens is 304 g/mol. The van der Waals surface area contributed by atoms with Gasteiger partial charge in [0.05, 0.1) is 24.8 Å². The van der Waals surface area contributed by atoms with Gasteiger partial charge in [-0.05, 0) is 24.4 Å². The molecule has 1 N–H and O–H groups in total. The zero-order valence-electron chi connectivity index (χ0n) is 12.3. The summed E-state index contributed by atoms with van der Waals surface area (Å²) in [5.41, 5.74) is 0.742. The highest BCUT2D eigenvalue weighted by molar-refractivity contribution is 7.08. The lowest BCUT2D eigenvalue weighted by molar-refractivity contribution is -0.139. The zero-order chi connectivity index (χ0) is 15.5. The van der Waals surface area contributed by atoms with Crippen LogP contribution in [-0.2, 0) is 9.53 Å². The molecule has 0 aliphatic carbocycles. The van der Waals surface area contributed by atoms with Gasteiger partial charge in [0.15, 0.2) is 0 Å². The number of aliphatic carboxylic acids is 1. The van der Waals surface area contributed by atoms with Gasteiger partial charge < -0.3 is 14.7 Å². The summed E-state index contributed by atoms with van der Waals surface area (Å²) in [4.78, 5) is 27.1. The predicted octanol–water partition coefficient (Wildman–Crippen LogP) is 0.996. The van der Waals surface area contributed by atoms with Crippen LogP contribution in [0.3, 0.4) is 0 Å². The first kappa shape index (κ1) is 15.5. The standard InChI is InChI=1S/C15H20N2O4S/c18-14(19)9-16-3-1-11-7-17(4-5-21-13(11)8-16)15(20)12-2-6-22-10-12/h2,6,10-11,13H,1,3-5,7-9H2,(H,18,19)/t11-,13-/m1/s1. The Morgan fingerprint density at radius 1 is 1.36 bits per heavy atom. The van der Waals surface area contributed by atoms with Gasteiger partial charge in [0, 0.05) is 30.9 Å². The Balaban J connectivity index is 1.63. The average Bonchev–Trinajstić information content (AvgIpc) is 2.93. The van der Waals surface area contributed by atoms with Crippen molar-refractivity contribution in [3.8, 4) is 0 Å². The number of ether oxygens (including phenoxy) is 1. The Bertz CT molecular complexity index is 534. The maximum atomic E-state index is 12.5. The number of thiophene rings is 1. The topological polar surface area (TPSA) is 70.1 Å². The van der Waals surface area contributed by atoms with Gasteiger partial charge in [-0.15, -0.1) is 0 Å². The van der Waals surface area contributed by atoms with E-state index >= 15 is 0 Å². The van der Waals surface area contributed by atoms with Crippen molar-refractivity contribution in [3.05, 3.63) is 22.4 Å². The fourth-order valence-electron chi connectivity index (χ4n) is 3.20. The van der Waals surface area contributed by atoms with Gasteiger partial charge in [-0.1, -0.05) is 0 Å². The van der Waals surface area contributed by atoms with Gasteiger partial charge in [0.1, 0.15) is 0 Å². The number of carboxylic acid groups (broad SMARTS) is 1. The summed E-state index contributed by atoms with van der Waals surface area (Å²) in [6.45, 7) is 3.25. The fourth-order valence-corrected chi connectivity index (χ4v) is 3.83. The molecule has 2 fully saturated rings. The summed E-state index contributed by atoms with van der Waals surface area (Å²) in [7, 11) is 0. The zero-order valence-corrected chi connectivity index (χ0v) is 13.1. The number of carbonyl (C=O) groups is 2. The molecule has 0 bridgehead atoms. The van der Waals surface area contributed by atoms with Crippen molar-refractivity contribution in [2.24, 2.45) is 5.92 Å². The van der Waals surface area contributed by atoms with E-state index < -0.39 is 5.97 Å². The van der Waals surface area contributed by atoms with Gasteiger partial charge in [-0.2, -0.15) is 11.3 Å². The van der Waals surface area contributed by atoms with Crippen molar-refractivity contribution < 1.29 is 19.4 Å². The van der Waals surface area contributed by atoms with Crippen molar-refractivity contribution in [2.75, 3.05) is 39.3 Å². The number of carboxylic acids is 1. The lowest BCUT2D eigenvalue weighted by Gasteiger charge is -2.37. The van der Waals surface area contributed by atoms with Crippen LogP contribution in [0.15, 0.2) is 16.8 Å². The van der Waals surface area contributed by atoms with Gasteiger partial charge in [-0.25, -0.2) is 0 Å². The molecule has 1 amide bonds. The number of carbonyl (C=O) groups excluding carboxylic acids is 1. The first-order chi connectivity index (χ1) is 10.6. The highest BCUT2D eigenvalue weighted by Crippen LogP contribution is 2.25. The van der Waals surface area contributed by atoms with Gasteiger partial charge >= 0.3 is 5.97 Å². The summed E-state index contributed by atoms with van der Waals surface area (Å²) in [5, 5.41) is 12.7. The summed E-state index contributed by atoms with van der Waals surface area (Å²) in [5.74, 6) is -0.449. The highest BCUT2D eigenvalue weighted by atomic mass is 32.1. The number of hydrogen-bond acceptors (Lipinski definition) is 5. The highest BCUT2D eigenvalue weighted by Gasteiger charge is 2.35. The molecule has 0 aromatic carbocycles. The third-order valence-corrected chi connectivity index (χ3v) is 5.03. The second kappa shape index (κ2) is 6.76. The largest absolute Gasteiger partial charge is 0.480 e. The second-order valence-electron chi connectivity index (χ2n) is 5.85. The molecule has 2 atom stereocenters. The normalized spacial score (nSPS) is 26.3. The molecule has 6 nitrogen and oxygen atoms in total. The van der Waals surface area contributed by atoms with Crippen molar-refractivity contribution in [1.82, 2.24) is 9.80 Å². The van der Waals surface area contributed by atoms with Crippen LogP contribution >= 0.6 is 11.3 Å². The lowest BCUT2D eigenvalue weighted by atomic mass is 9.93. The van der Waals surface area contributed by atoms with E-state index in [0.29, 0.717) is 26.2 Å². The Morgan fingerprint density at radius 3 is 2.95 bits per heavy atom. The molecule has 1 aromatic rings.